The van der Waals surface area contributed by atoms with E-state index in [1.54, 1.807) is 11.3 Å². The van der Waals surface area contributed by atoms with Crippen molar-refractivity contribution in [2.24, 2.45) is 0 Å². The molecule has 0 aliphatic carbocycles. The topological polar surface area (TPSA) is 83.1 Å². The first-order valence-corrected chi connectivity index (χ1v) is 8.10. The summed E-state index contributed by atoms with van der Waals surface area (Å²) in [6.45, 7) is 4.76. The Kier molecular flexibility index (Phi) is 4.81. The van der Waals surface area contributed by atoms with Gasteiger partial charge in [0.2, 0.25) is 5.91 Å². The van der Waals surface area contributed by atoms with E-state index in [1.165, 1.54) is 0 Å². The molecule has 1 amide bonds. The molecule has 22 heavy (non-hydrogen) atoms. The van der Waals surface area contributed by atoms with E-state index in [9.17, 15) is 4.79 Å². The molecular weight excluding hydrogens is 302 g/mol. The summed E-state index contributed by atoms with van der Waals surface area (Å²) in [5.74, 6) is 1.45. The lowest BCUT2D eigenvalue weighted by molar-refractivity contribution is -0.124. The van der Waals surface area contributed by atoms with Crippen LogP contribution in [0.3, 0.4) is 0 Å². The van der Waals surface area contributed by atoms with Crippen LogP contribution in [0.25, 0.3) is 0 Å². The van der Waals surface area contributed by atoms with Crippen LogP contribution in [0, 0.1) is 6.92 Å². The predicted molar refractivity (Wildman–Crippen MR) is 82.4 cm³/mol. The molecule has 118 valence electrons. The summed E-state index contributed by atoms with van der Waals surface area (Å²) in [5, 5.41) is 11.9. The fourth-order valence-corrected chi connectivity index (χ4v) is 3.01. The minimum atomic E-state index is -0.177. The highest BCUT2D eigenvalue weighted by Gasteiger charge is 2.26. The van der Waals surface area contributed by atoms with Crippen molar-refractivity contribution in [2.45, 2.75) is 19.6 Å². The summed E-state index contributed by atoms with van der Waals surface area (Å²) in [4.78, 5) is 19.6. The predicted octanol–water partition coefficient (Wildman–Crippen LogP) is 0.864. The van der Waals surface area contributed by atoms with Crippen molar-refractivity contribution >= 4 is 17.2 Å². The number of thiophene rings is 1. The second kappa shape index (κ2) is 6.99. The molecule has 8 heteroatoms. The number of carbonyl (C=O) groups excluding carboxylic acids is 1. The van der Waals surface area contributed by atoms with Crippen molar-refractivity contribution in [1.82, 2.24) is 25.4 Å². The highest BCUT2D eigenvalue weighted by molar-refractivity contribution is 7.09. The molecule has 2 aromatic heterocycles. The molecular formula is C14H19N5O2S. The van der Waals surface area contributed by atoms with Gasteiger partial charge in [-0.15, -0.1) is 11.3 Å². The largest absolute Gasteiger partial charge is 0.367 e. The van der Waals surface area contributed by atoms with Gasteiger partial charge in [-0.1, -0.05) is 6.07 Å². The van der Waals surface area contributed by atoms with Gasteiger partial charge in [-0.3, -0.25) is 14.8 Å². The number of aromatic nitrogens is 3. The summed E-state index contributed by atoms with van der Waals surface area (Å²) in [5.41, 5.74) is 0. The lowest BCUT2D eigenvalue weighted by Crippen LogP contribution is -2.44. The minimum Gasteiger partial charge on any atom is -0.367 e. The van der Waals surface area contributed by atoms with Crippen LogP contribution in [0.4, 0.5) is 0 Å². The van der Waals surface area contributed by atoms with Crippen LogP contribution in [0.2, 0.25) is 0 Å². The number of hydrogen-bond acceptors (Lipinski definition) is 6. The van der Waals surface area contributed by atoms with Gasteiger partial charge >= 0.3 is 0 Å². The molecule has 0 radical (unpaired) electrons. The van der Waals surface area contributed by atoms with E-state index in [4.69, 9.17) is 4.74 Å². The van der Waals surface area contributed by atoms with Crippen LogP contribution < -0.4 is 5.32 Å². The van der Waals surface area contributed by atoms with Crippen molar-refractivity contribution < 1.29 is 9.53 Å². The molecule has 1 saturated heterocycles. The third kappa shape index (κ3) is 3.90. The number of morpholine rings is 1. The SMILES string of the molecule is Cc1nc([C@@H]2CN(CC(=O)NCc3cccs3)CCO2)n[nH]1. The number of hydrogen-bond donors (Lipinski definition) is 2. The van der Waals surface area contributed by atoms with Gasteiger partial charge in [0.1, 0.15) is 11.9 Å². The molecule has 1 fully saturated rings. The van der Waals surface area contributed by atoms with Crippen LogP contribution in [-0.4, -0.2) is 52.2 Å². The number of aryl methyl sites for hydroxylation is 1. The zero-order valence-electron chi connectivity index (χ0n) is 12.4. The van der Waals surface area contributed by atoms with Crippen molar-refractivity contribution in [2.75, 3.05) is 26.2 Å². The Labute approximate surface area is 132 Å². The zero-order valence-corrected chi connectivity index (χ0v) is 13.2. The third-order valence-corrected chi connectivity index (χ3v) is 4.34. The summed E-state index contributed by atoms with van der Waals surface area (Å²) in [6, 6.07) is 4.00. The van der Waals surface area contributed by atoms with E-state index in [1.807, 2.05) is 24.4 Å². The van der Waals surface area contributed by atoms with Gasteiger partial charge in [0.15, 0.2) is 5.82 Å². The van der Waals surface area contributed by atoms with Crippen molar-refractivity contribution in [3.63, 3.8) is 0 Å². The van der Waals surface area contributed by atoms with Crippen molar-refractivity contribution in [1.29, 1.82) is 0 Å². The normalized spacial score (nSPS) is 19.2. The van der Waals surface area contributed by atoms with Crippen molar-refractivity contribution in [3.05, 3.63) is 34.0 Å². The van der Waals surface area contributed by atoms with Gasteiger partial charge in [0.25, 0.3) is 0 Å². The second-order valence-corrected chi connectivity index (χ2v) is 6.26. The van der Waals surface area contributed by atoms with Crippen LogP contribution >= 0.6 is 11.3 Å². The third-order valence-electron chi connectivity index (χ3n) is 3.46. The molecule has 3 heterocycles. The zero-order chi connectivity index (χ0) is 15.4. The second-order valence-electron chi connectivity index (χ2n) is 5.23. The first-order valence-electron chi connectivity index (χ1n) is 7.22. The molecule has 0 spiro atoms. The van der Waals surface area contributed by atoms with E-state index >= 15 is 0 Å². The maximum Gasteiger partial charge on any atom is 0.234 e. The van der Waals surface area contributed by atoms with Crippen molar-refractivity contribution in [3.8, 4) is 0 Å². The monoisotopic (exact) mass is 321 g/mol. The Bertz CT molecular complexity index is 613. The van der Waals surface area contributed by atoms with E-state index in [0.29, 0.717) is 32.1 Å². The van der Waals surface area contributed by atoms with Gasteiger partial charge in [0, 0.05) is 18.0 Å². The lowest BCUT2D eigenvalue weighted by atomic mass is 10.2. The fourth-order valence-electron chi connectivity index (χ4n) is 2.36. The first kappa shape index (κ1) is 15.1. The summed E-state index contributed by atoms with van der Waals surface area (Å²) >= 11 is 1.64. The van der Waals surface area contributed by atoms with E-state index in [0.717, 1.165) is 17.2 Å². The Morgan fingerprint density at radius 2 is 2.55 bits per heavy atom. The maximum absolute atomic E-state index is 12.0. The van der Waals surface area contributed by atoms with Gasteiger partial charge < -0.3 is 10.1 Å². The fraction of sp³-hybridized carbons (Fsp3) is 0.500. The van der Waals surface area contributed by atoms with Crippen LogP contribution in [0.1, 0.15) is 22.6 Å². The van der Waals surface area contributed by atoms with Crippen LogP contribution in [-0.2, 0) is 16.1 Å². The van der Waals surface area contributed by atoms with Gasteiger partial charge in [-0.2, -0.15) is 5.10 Å². The molecule has 0 bridgehead atoms. The number of ether oxygens (including phenoxy) is 1. The first-order chi connectivity index (χ1) is 10.7. The van der Waals surface area contributed by atoms with Crippen LogP contribution in [0.5, 0.6) is 0 Å². The Balaban J connectivity index is 1.48. The summed E-state index contributed by atoms with van der Waals surface area (Å²) in [7, 11) is 0. The van der Waals surface area contributed by atoms with Gasteiger partial charge in [-0.25, -0.2) is 4.98 Å². The lowest BCUT2D eigenvalue weighted by Gasteiger charge is -2.30. The number of nitrogens with one attached hydrogen (secondary N) is 2. The number of nitrogens with zero attached hydrogens (tertiary/aromatic N) is 3. The average Bonchev–Trinajstić information content (AvgIpc) is 3.17. The molecule has 1 aliphatic rings. The highest BCUT2D eigenvalue weighted by atomic mass is 32.1. The molecule has 1 aliphatic heterocycles. The molecule has 7 nitrogen and oxygen atoms in total. The Morgan fingerprint density at radius 3 is 3.27 bits per heavy atom. The molecule has 2 N–H and O–H groups in total. The average molecular weight is 321 g/mol. The van der Waals surface area contributed by atoms with Crippen LogP contribution in [0.15, 0.2) is 17.5 Å². The number of aromatic amines is 1. The maximum atomic E-state index is 12.0. The number of H-pyrrole nitrogens is 1. The number of amides is 1. The summed E-state index contributed by atoms with van der Waals surface area (Å²) in [6.07, 6.45) is -0.177. The number of carbonyl (C=O) groups is 1. The molecule has 2 aromatic rings. The molecule has 0 aromatic carbocycles. The minimum absolute atomic E-state index is 0.0280. The summed E-state index contributed by atoms with van der Waals surface area (Å²) < 4.78 is 5.69. The molecule has 3 rings (SSSR count). The van der Waals surface area contributed by atoms with Gasteiger partial charge in [-0.05, 0) is 18.4 Å². The van der Waals surface area contributed by atoms with Gasteiger partial charge in [0.05, 0.1) is 19.7 Å². The highest BCUT2D eigenvalue weighted by Crippen LogP contribution is 2.18. The molecule has 0 unspecified atom stereocenters. The molecule has 0 saturated carbocycles. The van der Waals surface area contributed by atoms with E-state index < -0.39 is 0 Å². The molecule has 1 atom stereocenters. The standard InChI is InChI=1S/C14H19N5O2S/c1-10-16-14(18-17-10)12-8-19(4-5-21-12)9-13(20)15-7-11-3-2-6-22-11/h2-3,6,12H,4-5,7-9H2,1H3,(H,15,20)(H,16,17,18)/t12-/m0/s1. The quantitative estimate of drug-likeness (QED) is 0.853. The Morgan fingerprint density at radius 1 is 1.64 bits per heavy atom. The Hall–Kier alpha value is -1.77. The number of rotatable bonds is 5. The smallest absolute Gasteiger partial charge is 0.234 e. The van der Waals surface area contributed by atoms with E-state index in [-0.39, 0.29) is 12.0 Å². The van der Waals surface area contributed by atoms with E-state index in [2.05, 4.69) is 25.4 Å².